The molecule has 0 aromatic carbocycles. The molecule has 1 aliphatic rings. The van der Waals surface area contributed by atoms with Crippen molar-refractivity contribution in [3.05, 3.63) is 4.88 Å². The first-order valence-corrected chi connectivity index (χ1v) is 7.89. The number of nitrogens with two attached hydrogens (primary N) is 1. The third-order valence-corrected chi connectivity index (χ3v) is 4.82. The first kappa shape index (κ1) is 15.0. The first-order chi connectivity index (χ1) is 9.58. The van der Waals surface area contributed by atoms with Gasteiger partial charge in [-0.3, -0.25) is 4.79 Å². The number of anilines is 2. The normalized spacial score (nSPS) is 18.9. The number of hydrogen-bond donors (Lipinski definition) is 2. The van der Waals surface area contributed by atoms with Gasteiger partial charge in [0.2, 0.25) is 0 Å². The van der Waals surface area contributed by atoms with Gasteiger partial charge in [-0.1, -0.05) is 6.92 Å². The quantitative estimate of drug-likeness (QED) is 0.895. The maximum absolute atomic E-state index is 12.0. The van der Waals surface area contributed by atoms with E-state index in [1.807, 2.05) is 6.92 Å². The van der Waals surface area contributed by atoms with E-state index in [0.717, 1.165) is 18.1 Å². The molecule has 1 fully saturated rings. The van der Waals surface area contributed by atoms with Crippen molar-refractivity contribution in [2.24, 2.45) is 5.92 Å². The van der Waals surface area contributed by atoms with E-state index >= 15 is 0 Å². The molecular formula is C14H23N3O2S. The second kappa shape index (κ2) is 6.35. The van der Waals surface area contributed by atoms with Gasteiger partial charge in [0.05, 0.1) is 7.11 Å². The predicted octanol–water partition coefficient (Wildman–Crippen LogP) is 2.32. The van der Waals surface area contributed by atoms with E-state index in [4.69, 9.17) is 10.5 Å². The zero-order chi connectivity index (χ0) is 14.7. The molecule has 1 saturated heterocycles. The summed E-state index contributed by atoms with van der Waals surface area (Å²) in [6.45, 7) is 6.72. The Labute approximate surface area is 124 Å². The molecule has 2 rings (SSSR count). The summed E-state index contributed by atoms with van der Waals surface area (Å²) < 4.78 is 5.44. The molecule has 1 aliphatic heterocycles. The standard InChI is InChI=1S/C14H23N3O2S/c1-4-16-13(18)12-10(15)11(19-3)14(20-12)17-7-5-6-9(2)8-17/h9H,4-8,15H2,1-3H3,(H,16,18). The van der Waals surface area contributed by atoms with Gasteiger partial charge in [0, 0.05) is 19.6 Å². The Bertz CT molecular complexity index is 487. The number of rotatable bonds is 4. The van der Waals surface area contributed by atoms with Crippen LogP contribution in [0.5, 0.6) is 5.75 Å². The van der Waals surface area contributed by atoms with Crippen molar-refractivity contribution >= 4 is 27.9 Å². The van der Waals surface area contributed by atoms with Crippen LogP contribution in [0.15, 0.2) is 0 Å². The summed E-state index contributed by atoms with van der Waals surface area (Å²) in [5.74, 6) is 1.18. The minimum Gasteiger partial charge on any atom is -0.492 e. The van der Waals surface area contributed by atoms with Crippen LogP contribution in [-0.4, -0.2) is 32.7 Å². The Hall–Kier alpha value is -1.43. The van der Waals surface area contributed by atoms with Crippen molar-refractivity contribution in [1.82, 2.24) is 5.32 Å². The highest BCUT2D eigenvalue weighted by Crippen LogP contribution is 2.45. The Morgan fingerprint density at radius 2 is 2.35 bits per heavy atom. The van der Waals surface area contributed by atoms with E-state index < -0.39 is 0 Å². The number of nitrogens with zero attached hydrogens (tertiary/aromatic N) is 1. The average Bonchev–Trinajstić information content (AvgIpc) is 2.76. The van der Waals surface area contributed by atoms with Gasteiger partial charge in [0.15, 0.2) is 5.75 Å². The third kappa shape index (κ3) is 2.85. The summed E-state index contributed by atoms with van der Waals surface area (Å²) in [4.78, 5) is 14.9. The molecule has 0 aliphatic carbocycles. The molecule has 1 aromatic rings. The van der Waals surface area contributed by atoms with Gasteiger partial charge in [-0.05, 0) is 25.7 Å². The maximum Gasteiger partial charge on any atom is 0.263 e. The first-order valence-electron chi connectivity index (χ1n) is 7.07. The highest BCUT2D eigenvalue weighted by Gasteiger charge is 2.27. The lowest BCUT2D eigenvalue weighted by atomic mass is 10.0. The second-order valence-electron chi connectivity index (χ2n) is 5.24. The highest BCUT2D eigenvalue weighted by atomic mass is 32.1. The van der Waals surface area contributed by atoms with Crippen LogP contribution < -0.4 is 20.7 Å². The van der Waals surface area contributed by atoms with Crippen molar-refractivity contribution in [3.8, 4) is 5.75 Å². The molecule has 0 radical (unpaired) electrons. The lowest BCUT2D eigenvalue weighted by Crippen LogP contribution is -2.33. The fraction of sp³-hybridized carbons (Fsp3) is 0.643. The van der Waals surface area contributed by atoms with Crippen LogP contribution in [-0.2, 0) is 0 Å². The number of nitrogen functional groups attached to an aromatic ring is 1. The number of amides is 1. The number of hydrogen-bond acceptors (Lipinski definition) is 5. The lowest BCUT2D eigenvalue weighted by molar-refractivity contribution is 0.0960. The molecule has 5 nitrogen and oxygen atoms in total. The molecule has 1 aromatic heterocycles. The van der Waals surface area contributed by atoms with Gasteiger partial charge < -0.3 is 20.7 Å². The van der Waals surface area contributed by atoms with Gasteiger partial charge in [0.25, 0.3) is 5.91 Å². The maximum atomic E-state index is 12.0. The predicted molar refractivity (Wildman–Crippen MR) is 83.9 cm³/mol. The number of ether oxygens (including phenoxy) is 1. The average molecular weight is 297 g/mol. The molecule has 112 valence electrons. The minimum absolute atomic E-state index is 0.121. The van der Waals surface area contributed by atoms with Gasteiger partial charge in [-0.15, -0.1) is 11.3 Å². The van der Waals surface area contributed by atoms with Crippen molar-refractivity contribution < 1.29 is 9.53 Å². The minimum atomic E-state index is -0.121. The van der Waals surface area contributed by atoms with Crippen molar-refractivity contribution in [1.29, 1.82) is 0 Å². The van der Waals surface area contributed by atoms with Crippen LogP contribution in [0, 0.1) is 5.92 Å². The van der Waals surface area contributed by atoms with E-state index in [0.29, 0.717) is 28.8 Å². The number of carbonyl (C=O) groups excluding carboxylic acids is 1. The van der Waals surface area contributed by atoms with Gasteiger partial charge in [-0.25, -0.2) is 0 Å². The van der Waals surface area contributed by atoms with Crippen LogP contribution in [0.1, 0.15) is 36.4 Å². The van der Waals surface area contributed by atoms with Crippen LogP contribution in [0.2, 0.25) is 0 Å². The summed E-state index contributed by atoms with van der Waals surface area (Å²) in [5, 5.41) is 3.78. The van der Waals surface area contributed by atoms with E-state index in [1.54, 1.807) is 7.11 Å². The van der Waals surface area contributed by atoms with E-state index in [2.05, 4.69) is 17.1 Å². The van der Waals surface area contributed by atoms with Gasteiger partial charge in [-0.2, -0.15) is 0 Å². The number of carbonyl (C=O) groups is 1. The molecule has 1 unspecified atom stereocenters. The Morgan fingerprint density at radius 3 is 2.95 bits per heavy atom. The van der Waals surface area contributed by atoms with E-state index in [1.165, 1.54) is 24.2 Å². The van der Waals surface area contributed by atoms with Crippen molar-refractivity contribution in [3.63, 3.8) is 0 Å². The second-order valence-corrected chi connectivity index (χ2v) is 6.24. The van der Waals surface area contributed by atoms with Crippen molar-refractivity contribution in [2.45, 2.75) is 26.7 Å². The monoisotopic (exact) mass is 297 g/mol. The largest absolute Gasteiger partial charge is 0.492 e. The summed E-state index contributed by atoms with van der Waals surface area (Å²) >= 11 is 1.43. The van der Waals surface area contributed by atoms with Gasteiger partial charge >= 0.3 is 0 Å². The Kier molecular flexibility index (Phi) is 4.75. The fourth-order valence-corrected chi connectivity index (χ4v) is 3.75. The topological polar surface area (TPSA) is 67.6 Å². The number of methoxy groups -OCH3 is 1. The number of nitrogens with one attached hydrogen (secondary N) is 1. The van der Waals surface area contributed by atoms with Crippen molar-refractivity contribution in [2.75, 3.05) is 37.4 Å². The van der Waals surface area contributed by atoms with Crippen LogP contribution in [0.25, 0.3) is 0 Å². The molecule has 20 heavy (non-hydrogen) atoms. The Balaban J connectivity index is 2.32. The number of piperidine rings is 1. The molecule has 2 heterocycles. The van der Waals surface area contributed by atoms with E-state index in [9.17, 15) is 4.79 Å². The smallest absolute Gasteiger partial charge is 0.263 e. The summed E-state index contributed by atoms with van der Waals surface area (Å²) in [6.07, 6.45) is 2.42. The SMILES string of the molecule is CCNC(=O)c1sc(N2CCCC(C)C2)c(OC)c1N. The van der Waals surface area contributed by atoms with Gasteiger partial charge in [0.1, 0.15) is 15.6 Å². The molecule has 1 amide bonds. The lowest BCUT2D eigenvalue weighted by Gasteiger charge is -2.32. The summed E-state index contributed by atoms with van der Waals surface area (Å²) in [6, 6.07) is 0. The summed E-state index contributed by atoms with van der Waals surface area (Å²) in [7, 11) is 1.61. The zero-order valence-electron chi connectivity index (χ0n) is 12.4. The molecule has 0 saturated carbocycles. The zero-order valence-corrected chi connectivity index (χ0v) is 13.2. The van der Waals surface area contributed by atoms with Crippen LogP contribution >= 0.6 is 11.3 Å². The molecule has 3 N–H and O–H groups in total. The van der Waals surface area contributed by atoms with Crippen LogP contribution in [0.4, 0.5) is 10.7 Å². The summed E-state index contributed by atoms with van der Waals surface area (Å²) in [5.41, 5.74) is 6.54. The number of thiophene rings is 1. The fourth-order valence-electron chi connectivity index (χ4n) is 2.61. The molecule has 0 bridgehead atoms. The molecule has 6 heteroatoms. The van der Waals surface area contributed by atoms with Crippen LogP contribution in [0.3, 0.4) is 0 Å². The highest BCUT2D eigenvalue weighted by molar-refractivity contribution is 7.19. The molecular weight excluding hydrogens is 274 g/mol. The Morgan fingerprint density at radius 1 is 1.60 bits per heavy atom. The third-order valence-electron chi connectivity index (χ3n) is 3.57. The molecule has 0 spiro atoms. The van der Waals surface area contributed by atoms with E-state index in [-0.39, 0.29) is 5.91 Å². The molecule has 1 atom stereocenters.